The molecule has 0 unspecified atom stereocenters. The van der Waals surface area contributed by atoms with E-state index in [4.69, 9.17) is 0 Å². The van der Waals surface area contributed by atoms with Gasteiger partial charge in [-0.3, -0.25) is 0 Å². The Morgan fingerprint density at radius 2 is 0.553 bits per heavy atom. The number of ether oxygens (including phenoxy) is 2. The van der Waals surface area contributed by atoms with Gasteiger partial charge in [0.25, 0.3) is 0 Å². The van der Waals surface area contributed by atoms with Crippen molar-refractivity contribution in [2.45, 2.75) is 228 Å². The Morgan fingerprint density at radius 3 is 0.745 bits per heavy atom. The molecule has 0 heterocycles. The predicted molar refractivity (Wildman–Crippen MR) is 208 cm³/mol. The fourth-order valence-electron chi connectivity index (χ4n) is 5.99. The summed E-state index contributed by atoms with van der Waals surface area (Å²) in [4.78, 5) is 20.6. The van der Waals surface area contributed by atoms with Crippen molar-refractivity contribution in [2.24, 2.45) is 0 Å². The Hall–Kier alpha value is -0.521. The summed E-state index contributed by atoms with van der Waals surface area (Å²) in [7, 11) is 2.45. The monoisotopic (exact) mass is 771 g/mol. The molecule has 0 fully saturated rings. The molecule has 0 spiro atoms. The molecule has 0 aromatic heterocycles. The van der Waals surface area contributed by atoms with Gasteiger partial charge in [-0.05, 0) is 0 Å². The molecule has 0 saturated heterocycles. The molecule has 0 aromatic rings. The smallest absolute Gasteiger partial charge is 0.466 e. The second-order valence-electron chi connectivity index (χ2n) is 13.7. The molecule has 0 aliphatic carbocycles. The number of hydrogen-bond acceptors (Lipinski definition) is 4. The van der Waals surface area contributed by atoms with Crippen LogP contribution in [-0.4, -0.2) is 47.3 Å². The molecule has 278 valence electrons. The second-order valence-corrected chi connectivity index (χ2v) is 18.0. The molecule has 4 nitrogen and oxygen atoms in total. The van der Waals surface area contributed by atoms with Crippen LogP contribution in [0.2, 0.25) is 8.87 Å². The van der Waals surface area contributed by atoms with Gasteiger partial charge in [0.2, 0.25) is 0 Å². The molecule has 0 aliphatic heterocycles. The van der Waals surface area contributed by atoms with Crippen LogP contribution >= 0.6 is 0 Å². The zero-order valence-corrected chi connectivity index (χ0v) is 35.2. The van der Waals surface area contributed by atoms with E-state index in [9.17, 15) is 9.59 Å². The fraction of sp³-hybridized carbons (Fsp3) is 0.905. The summed E-state index contributed by atoms with van der Waals surface area (Å²) in [6.07, 6.45) is 49.8. The van der Waals surface area contributed by atoms with Gasteiger partial charge >= 0.3 is 183 Å². The van der Waals surface area contributed by atoms with E-state index < -0.39 is 11.9 Å². The molecule has 0 saturated carbocycles. The van der Waals surface area contributed by atoms with E-state index in [2.05, 4.69) is 23.3 Å². The number of hydrogen-bond donors (Lipinski definition) is 0. The first-order valence-corrected chi connectivity index (χ1v) is 24.7. The van der Waals surface area contributed by atoms with Crippen molar-refractivity contribution in [2.75, 3.05) is 14.2 Å². The summed E-state index contributed by atoms with van der Waals surface area (Å²) >= 11 is 0.00985. The first-order chi connectivity index (χ1) is 23.1. The van der Waals surface area contributed by atoms with Crippen molar-refractivity contribution in [3.05, 3.63) is 12.2 Å². The van der Waals surface area contributed by atoms with Crippen molar-refractivity contribution < 1.29 is 19.1 Å². The number of carbonyl (C=O) groups excluding carboxylic acids is 2. The van der Waals surface area contributed by atoms with Gasteiger partial charge in [0.1, 0.15) is 0 Å². The number of carbonyl (C=O) groups is 2. The van der Waals surface area contributed by atoms with Crippen LogP contribution < -0.4 is 0 Å². The Bertz CT molecular complexity index is 584. The number of rotatable bonds is 36. The molecule has 47 heavy (non-hydrogen) atoms. The average Bonchev–Trinajstić information content (AvgIpc) is 3.09. The molecule has 0 aromatic carbocycles. The molecular weight excluding hydrogens is 687 g/mol. The van der Waals surface area contributed by atoms with Gasteiger partial charge in [0.05, 0.1) is 14.2 Å². The third-order valence-corrected chi connectivity index (χ3v) is 13.2. The molecule has 0 aliphatic rings. The minimum absolute atomic E-state index is 0.00985. The van der Waals surface area contributed by atoms with E-state index in [1.54, 1.807) is 21.7 Å². The van der Waals surface area contributed by atoms with Gasteiger partial charge in [0, 0.05) is 12.2 Å². The van der Waals surface area contributed by atoms with Crippen LogP contribution in [0.5, 0.6) is 0 Å². The second kappa shape index (κ2) is 45.5. The van der Waals surface area contributed by atoms with Crippen LogP contribution in [0.15, 0.2) is 12.2 Å². The normalized spacial score (nSPS) is 11.1. The number of unbranched alkanes of at least 4 members (excludes halogenated alkanes) is 30. The molecular formula is C42H82O4Sn. The zero-order valence-electron chi connectivity index (χ0n) is 32.3. The van der Waals surface area contributed by atoms with Crippen molar-refractivity contribution >= 4 is 33.1 Å². The Kier molecular flexibility index (Phi) is 47.0. The van der Waals surface area contributed by atoms with Crippen molar-refractivity contribution in [3.63, 3.8) is 0 Å². The first-order valence-electron chi connectivity index (χ1n) is 20.7. The van der Waals surface area contributed by atoms with Crippen LogP contribution in [0.1, 0.15) is 219 Å². The fourth-order valence-corrected chi connectivity index (χ4v) is 9.56. The van der Waals surface area contributed by atoms with Crippen LogP contribution in [0.3, 0.4) is 0 Å². The van der Waals surface area contributed by atoms with E-state index >= 15 is 0 Å². The van der Waals surface area contributed by atoms with E-state index in [1.165, 1.54) is 207 Å². The van der Waals surface area contributed by atoms with E-state index in [-0.39, 0.29) is 21.1 Å². The summed E-state index contributed by atoms with van der Waals surface area (Å²) in [6, 6.07) is 0. The van der Waals surface area contributed by atoms with Gasteiger partial charge < -0.3 is 9.47 Å². The average molecular weight is 770 g/mol. The van der Waals surface area contributed by atoms with Crippen molar-refractivity contribution in [1.29, 1.82) is 0 Å². The van der Waals surface area contributed by atoms with E-state index in [0.717, 1.165) is 12.2 Å². The summed E-state index contributed by atoms with van der Waals surface area (Å²) in [6.45, 7) is 4.62. The maximum absolute atomic E-state index is 10.3. The Labute approximate surface area is 305 Å². The van der Waals surface area contributed by atoms with Crippen molar-refractivity contribution in [1.82, 2.24) is 0 Å². The maximum atomic E-state index is 10.3. The third-order valence-electron chi connectivity index (χ3n) is 9.17. The van der Waals surface area contributed by atoms with E-state index in [1.807, 2.05) is 0 Å². The summed E-state index contributed by atoms with van der Waals surface area (Å²) in [5.74, 6) is -1.16. The Balaban J connectivity index is 0. The summed E-state index contributed by atoms with van der Waals surface area (Å²) < 4.78 is 11.8. The number of esters is 2. The third kappa shape index (κ3) is 47.6. The quantitative estimate of drug-likeness (QED) is 0.0276. The molecule has 0 rings (SSSR count). The van der Waals surface area contributed by atoms with Gasteiger partial charge in [-0.25, -0.2) is 9.59 Å². The SMILES string of the molecule is CCCCCCCCCCCCCCCCC[CH2][Sn][CH2]CCCCCCCCCCCCCCCCC.COC(=O)/C=C\C(=O)OC. The molecule has 0 bridgehead atoms. The minimum Gasteiger partial charge on any atom is -0.466 e. The zero-order chi connectivity index (χ0) is 34.7. The van der Waals surface area contributed by atoms with Crippen LogP contribution in [0.4, 0.5) is 0 Å². The van der Waals surface area contributed by atoms with E-state index in [0.29, 0.717) is 0 Å². The Morgan fingerprint density at radius 1 is 0.362 bits per heavy atom. The number of methoxy groups -OCH3 is 2. The predicted octanol–water partition coefficient (Wildman–Crippen LogP) is 13.9. The topological polar surface area (TPSA) is 52.6 Å². The molecule has 0 atom stereocenters. The standard InChI is InChI=1S/2C18H37.C6H8O4.Sn/c2*1-3-5-7-9-11-13-15-17-18-16-14-12-10-8-6-4-2;1-9-5(7)3-4-6(8)10-2;/h2*1,3-18H2,2H3;3-4H,1-2H3;/b;;4-3-;. The molecule has 5 heteroatoms. The van der Waals surface area contributed by atoms with Crippen LogP contribution in [0, 0.1) is 0 Å². The molecule has 2 radical (unpaired) electrons. The summed E-state index contributed by atoms with van der Waals surface area (Å²) in [5, 5.41) is 0. The molecule has 0 N–H and O–H groups in total. The first kappa shape index (κ1) is 48.6. The summed E-state index contributed by atoms with van der Waals surface area (Å²) in [5.41, 5.74) is 0. The van der Waals surface area contributed by atoms with Gasteiger partial charge in [-0.2, -0.15) is 0 Å². The van der Waals surface area contributed by atoms with Gasteiger partial charge in [-0.15, -0.1) is 0 Å². The van der Waals surface area contributed by atoms with Gasteiger partial charge in [0.15, 0.2) is 0 Å². The van der Waals surface area contributed by atoms with Gasteiger partial charge in [-0.1, -0.05) is 78.1 Å². The van der Waals surface area contributed by atoms with Crippen molar-refractivity contribution in [3.8, 4) is 0 Å². The van der Waals surface area contributed by atoms with Crippen LogP contribution in [0.25, 0.3) is 0 Å². The minimum atomic E-state index is -0.578. The van der Waals surface area contributed by atoms with Crippen LogP contribution in [-0.2, 0) is 19.1 Å². The molecule has 0 amide bonds.